The van der Waals surface area contributed by atoms with Crippen LogP contribution in [0.4, 0.5) is 5.69 Å². The topological polar surface area (TPSA) is 63.2 Å². The van der Waals surface area contributed by atoms with Crippen molar-refractivity contribution in [2.75, 3.05) is 4.72 Å². The Hall–Kier alpha value is -2.14. The minimum absolute atomic E-state index is 0.0986. The van der Waals surface area contributed by atoms with Gasteiger partial charge < -0.3 is 0 Å². The highest BCUT2D eigenvalue weighted by atomic mass is 32.2. The van der Waals surface area contributed by atoms with Crippen molar-refractivity contribution in [3.05, 3.63) is 65.2 Å². The van der Waals surface area contributed by atoms with Gasteiger partial charge in [0.25, 0.3) is 0 Å². The average molecular weight is 303 g/mol. The van der Waals surface area contributed by atoms with Gasteiger partial charge in [-0.05, 0) is 31.0 Å². The summed E-state index contributed by atoms with van der Waals surface area (Å²) in [7, 11) is -3.51. The SMILES string of the molecule is CC(=O)c1ccc(C)c(NS(=O)(=O)Cc2ccccc2)c1. The molecular weight excluding hydrogens is 286 g/mol. The van der Waals surface area contributed by atoms with Crippen molar-refractivity contribution in [2.24, 2.45) is 0 Å². The van der Waals surface area contributed by atoms with Crippen molar-refractivity contribution in [3.63, 3.8) is 0 Å². The third-order valence-electron chi connectivity index (χ3n) is 3.11. The summed E-state index contributed by atoms with van der Waals surface area (Å²) in [5, 5.41) is 0. The lowest BCUT2D eigenvalue weighted by Crippen LogP contribution is -2.16. The Labute approximate surface area is 124 Å². The Morgan fingerprint density at radius 3 is 2.38 bits per heavy atom. The fourth-order valence-corrected chi connectivity index (χ4v) is 3.21. The van der Waals surface area contributed by atoms with Gasteiger partial charge in [-0.3, -0.25) is 9.52 Å². The molecule has 0 saturated heterocycles. The molecule has 2 rings (SSSR count). The molecule has 5 heteroatoms. The fraction of sp³-hybridized carbons (Fsp3) is 0.188. The molecule has 0 saturated carbocycles. The monoisotopic (exact) mass is 303 g/mol. The number of ketones is 1. The van der Waals surface area contributed by atoms with Gasteiger partial charge in [0.05, 0.1) is 11.4 Å². The molecule has 0 aromatic heterocycles. The van der Waals surface area contributed by atoms with Crippen LogP contribution in [0, 0.1) is 6.92 Å². The summed E-state index contributed by atoms with van der Waals surface area (Å²) < 4.78 is 27.0. The standard InChI is InChI=1S/C16H17NO3S/c1-12-8-9-15(13(2)18)10-16(12)17-21(19,20)11-14-6-4-3-5-7-14/h3-10,17H,11H2,1-2H3. The number of hydrogen-bond donors (Lipinski definition) is 1. The van der Waals surface area contributed by atoms with Crippen LogP contribution in [-0.2, 0) is 15.8 Å². The maximum Gasteiger partial charge on any atom is 0.236 e. The summed E-state index contributed by atoms with van der Waals surface area (Å²) in [6.45, 7) is 3.25. The fourth-order valence-electron chi connectivity index (χ4n) is 1.95. The second-order valence-electron chi connectivity index (χ2n) is 4.93. The van der Waals surface area contributed by atoms with Gasteiger partial charge >= 0.3 is 0 Å². The highest BCUT2D eigenvalue weighted by Gasteiger charge is 2.14. The molecule has 2 aromatic rings. The van der Waals surface area contributed by atoms with Crippen LogP contribution < -0.4 is 4.72 Å². The van der Waals surface area contributed by atoms with E-state index in [4.69, 9.17) is 0 Å². The largest absolute Gasteiger partial charge is 0.295 e. The zero-order valence-electron chi connectivity index (χ0n) is 12.0. The van der Waals surface area contributed by atoms with Crippen LogP contribution in [0.5, 0.6) is 0 Å². The predicted molar refractivity (Wildman–Crippen MR) is 83.9 cm³/mol. The zero-order chi connectivity index (χ0) is 15.5. The number of rotatable bonds is 5. The highest BCUT2D eigenvalue weighted by Crippen LogP contribution is 2.20. The molecule has 0 atom stereocenters. The van der Waals surface area contributed by atoms with Crippen LogP contribution in [0.25, 0.3) is 0 Å². The molecule has 0 aliphatic rings. The van der Waals surface area contributed by atoms with Crippen molar-refractivity contribution in [1.82, 2.24) is 0 Å². The van der Waals surface area contributed by atoms with Crippen LogP contribution in [0.2, 0.25) is 0 Å². The van der Waals surface area contributed by atoms with Crippen molar-refractivity contribution in [2.45, 2.75) is 19.6 Å². The summed E-state index contributed by atoms with van der Waals surface area (Å²) >= 11 is 0. The number of nitrogens with one attached hydrogen (secondary N) is 1. The van der Waals surface area contributed by atoms with E-state index < -0.39 is 10.0 Å². The zero-order valence-corrected chi connectivity index (χ0v) is 12.8. The molecule has 0 radical (unpaired) electrons. The molecule has 0 fully saturated rings. The molecule has 21 heavy (non-hydrogen) atoms. The van der Waals surface area contributed by atoms with Crippen molar-refractivity contribution >= 4 is 21.5 Å². The molecule has 110 valence electrons. The number of sulfonamides is 1. The van der Waals surface area contributed by atoms with E-state index in [9.17, 15) is 13.2 Å². The first kappa shape index (κ1) is 15.3. The normalized spacial score (nSPS) is 11.1. The number of hydrogen-bond acceptors (Lipinski definition) is 3. The van der Waals surface area contributed by atoms with E-state index >= 15 is 0 Å². The number of carbonyl (C=O) groups is 1. The lowest BCUT2D eigenvalue weighted by atomic mass is 10.1. The summed E-state index contributed by atoms with van der Waals surface area (Å²) in [5.41, 5.74) is 2.42. The van der Waals surface area contributed by atoms with E-state index in [0.717, 1.165) is 5.56 Å². The Kier molecular flexibility index (Phi) is 4.43. The van der Waals surface area contributed by atoms with Crippen LogP contribution in [-0.4, -0.2) is 14.2 Å². The van der Waals surface area contributed by atoms with Gasteiger partial charge in [0, 0.05) is 5.56 Å². The van der Waals surface area contributed by atoms with Gasteiger partial charge in [0.2, 0.25) is 10.0 Å². The predicted octanol–water partition coefficient (Wildman–Crippen LogP) is 3.14. The lowest BCUT2D eigenvalue weighted by Gasteiger charge is -2.11. The molecule has 0 heterocycles. The van der Waals surface area contributed by atoms with Crippen molar-refractivity contribution in [3.8, 4) is 0 Å². The maximum atomic E-state index is 12.2. The summed E-state index contributed by atoms with van der Waals surface area (Å²) in [6, 6.07) is 13.9. The third kappa shape index (κ3) is 4.16. The van der Waals surface area contributed by atoms with Crippen LogP contribution in [0.1, 0.15) is 28.4 Å². The summed E-state index contributed by atoms with van der Waals surface area (Å²) in [6.07, 6.45) is 0. The molecule has 0 amide bonds. The number of aryl methyl sites for hydroxylation is 1. The summed E-state index contributed by atoms with van der Waals surface area (Å²) in [4.78, 5) is 11.4. The molecule has 1 N–H and O–H groups in total. The molecule has 0 aliphatic carbocycles. The number of carbonyl (C=O) groups excluding carboxylic acids is 1. The van der Waals surface area contributed by atoms with Crippen LogP contribution >= 0.6 is 0 Å². The Bertz CT molecular complexity index is 752. The minimum atomic E-state index is -3.51. The second-order valence-corrected chi connectivity index (χ2v) is 6.65. The van der Waals surface area contributed by atoms with Gasteiger partial charge in [0.15, 0.2) is 5.78 Å². The maximum absolute atomic E-state index is 12.2. The van der Waals surface area contributed by atoms with Gasteiger partial charge in [-0.2, -0.15) is 0 Å². The van der Waals surface area contributed by atoms with Crippen molar-refractivity contribution < 1.29 is 13.2 Å². The Morgan fingerprint density at radius 2 is 1.76 bits per heavy atom. The molecule has 0 bridgehead atoms. The van der Waals surface area contributed by atoms with E-state index in [2.05, 4.69) is 4.72 Å². The molecule has 0 unspecified atom stereocenters. The third-order valence-corrected chi connectivity index (χ3v) is 4.35. The van der Waals surface area contributed by atoms with Gasteiger partial charge in [-0.15, -0.1) is 0 Å². The molecule has 4 nitrogen and oxygen atoms in total. The smallest absolute Gasteiger partial charge is 0.236 e. The second kappa shape index (κ2) is 6.10. The molecule has 2 aromatic carbocycles. The van der Waals surface area contributed by atoms with Crippen LogP contribution in [0.15, 0.2) is 48.5 Å². The molecular formula is C16H17NO3S. The first-order chi connectivity index (χ1) is 9.87. The van der Waals surface area contributed by atoms with Gasteiger partial charge in [0.1, 0.15) is 0 Å². The summed E-state index contributed by atoms with van der Waals surface area (Å²) in [5.74, 6) is -0.198. The van der Waals surface area contributed by atoms with E-state index in [-0.39, 0.29) is 11.5 Å². The van der Waals surface area contributed by atoms with Crippen molar-refractivity contribution in [1.29, 1.82) is 0 Å². The van der Waals surface area contributed by atoms with E-state index in [1.807, 2.05) is 6.07 Å². The Morgan fingerprint density at radius 1 is 1.10 bits per heavy atom. The number of anilines is 1. The first-order valence-electron chi connectivity index (χ1n) is 6.53. The number of benzene rings is 2. The van der Waals surface area contributed by atoms with Gasteiger partial charge in [-0.25, -0.2) is 8.42 Å². The lowest BCUT2D eigenvalue weighted by molar-refractivity contribution is 0.101. The first-order valence-corrected chi connectivity index (χ1v) is 8.18. The highest BCUT2D eigenvalue weighted by molar-refractivity contribution is 7.91. The number of Topliss-reactive ketones (excluding diaryl/α,β-unsaturated/α-hetero) is 1. The van der Waals surface area contributed by atoms with Crippen LogP contribution in [0.3, 0.4) is 0 Å². The Balaban J connectivity index is 2.24. The van der Waals surface area contributed by atoms with E-state index in [0.29, 0.717) is 16.8 Å². The van der Waals surface area contributed by atoms with E-state index in [1.165, 1.54) is 6.92 Å². The minimum Gasteiger partial charge on any atom is -0.295 e. The molecule has 0 aliphatic heterocycles. The van der Waals surface area contributed by atoms with E-state index in [1.54, 1.807) is 49.4 Å². The molecule has 0 spiro atoms. The average Bonchev–Trinajstić information content (AvgIpc) is 2.41. The quantitative estimate of drug-likeness (QED) is 0.863. The van der Waals surface area contributed by atoms with Gasteiger partial charge in [-0.1, -0.05) is 42.5 Å².